The second kappa shape index (κ2) is 8.31. The first kappa shape index (κ1) is 20.3. The van der Waals surface area contributed by atoms with Gasteiger partial charge in [-0.15, -0.1) is 0 Å². The number of hydrogen-bond donors (Lipinski definition) is 1. The van der Waals surface area contributed by atoms with Crippen LogP contribution in [0.5, 0.6) is 0 Å². The average molecular weight is 417 g/mol. The van der Waals surface area contributed by atoms with Gasteiger partial charge in [-0.2, -0.15) is 4.31 Å². The van der Waals surface area contributed by atoms with Crippen molar-refractivity contribution in [2.45, 2.75) is 17.9 Å². The predicted molar refractivity (Wildman–Crippen MR) is 112 cm³/mol. The van der Waals surface area contributed by atoms with Crippen molar-refractivity contribution in [2.75, 3.05) is 13.6 Å². The molecule has 0 unspecified atom stereocenters. The molecule has 3 rings (SSSR count). The lowest BCUT2D eigenvalue weighted by atomic mass is 10.1. The van der Waals surface area contributed by atoms with Crippen molar-refractivity contribution in [3.8, 4) is 0 Å². The molecular formula is C21H21ClN2O3S. The molecule has 0 heterocycles. The van der Waals surface area contributed by atoms with E-state index in [0.29, 0.717) is 5.02 Å². The van der Waals surface area contributed by atoms with Gasteiger partial charge in [0.1, 0.15) is 0 Å². The summed E-state index contributed by atoms with van der Waals surface area (Å²) in [6.45, 7) is 1.54. The minimum absolute atomic E-state index is 0.157. The standard InChI is InChI=1S/C21H21ClN2O3S/c1-15(17-8-5-9-19(22)12-17)23-21(25)14-24(2)28(26,27)20-11-10-16-6-3-4-7-18(16)13-20/h3-13,15H,14H2,1-2H3,(H,23,25)/t15-/m0/s1. The van der Waals surface area contributed by atoms with Crippen molar-refractivity contribution in [1.29, 1.82) is 0 Å². The number of nitrogens with zero attached hydrogens (tertiary/aromatic N) is 1. The highest BCUT2D eigenvalue weighted by Crippen LogP contribution is 2.21. The van der Waals surface area contributed by atoms with Crippen molar-refractivity contribution in [2.24, 2.45) is 0 Å². The van der Waals surface area contributed by atoms with Gasteiger partial charge in [0.25, 0.3) is 0 Å². The van der Waals surface area contributed by atoms with Gasteiger partial charge in [0.2, 0.25) is 15.9 Å². The Balaban J connectivity index is 1.71. The maximum Gasteiger partial charge on any atom is 0.243 e. The molecule has 0 spiro atoms. The number of halogens is 1. The molecule has 0 aliphatic carbocycles. The lowest BCUT2D eigenvalue weighted by Crippen LogP contribution is -2.39. The third-order valence-electron chi connectivity index (χ3n) is 4.52. The molecule has 0 radical (unpaired) electrons. The third-order valence-corrected chi connectivity index (χ3v) is 6.56. The summed E-state index contributed by atoms with van der Waals surface area (Å²) in [6, 6.07) is 19.3. The van der Waals surface area contributed by atoms with E-state index in [9.17, 15) is 13.2 Å². The number of hydrogen-bond acceptors (Lipinski definition) is 3. The monoisotopic (exact) mass is 416 g/mol. The number of fused-ring (bicyclic) bond motifs is 1. The fourth-order valence-electron chi connectivity index (χ4n) is 2.94. The third kappa shape index (κ3) is 4.52. The second-order valence-electron chi connectivity index (χ2n) is 6.61. The fourth-order valence-corrected chi connectivity index (χ4v) is 4.30. The number of likely N-dealkylation sites (N-methyl/N-ethyl adjacent to an activating group) is 1. The number of amides is 1. The van der Waals surface area contributed by atoms with Crippen LogP contribution in [-0.2, 0) is 14.8 Å². The van der Waals surface area contributed by atoms with E-state index in [-0.39, 0.29) is 23.4 Å². The highest BCUT2D eigenvalue weighted by atomic mass is 35.5. The van der Waals surface area contributed by atoms with Gasteiger partial charge < -0.3 is 5.32 Å². The molecule has 0 aliphatic heterocycles. The topological polar surface area (TPSA) is 66.5 Å². The van der Waals surface area contributed by atoms with E-state index in [0.717, 1.165) is 20.6 Å². The predicted octanol–water partition coefficient (Wildman–Crippen LogP) is 3.99. The van der Waals surface area contributed by atoms with Crippen LogP contribution in [0.3, 0.4) is 0 Å². The minimum Gasteiger partial charge on any atom is -0.348 e. The van der Waals surface area contributed by atoms with E-state index in [1.807, 2.05) is 37.3 Å². The quantitative estimate of drug-likeness (QED) is 0.660. The Morgan fingerprint density at radius 3 is 2.46 bits per heavy atom. The van der Waals surface area contributed by atoms with Crippen LogP contribution >= 0.6 is 11.6 Å². The Kier molecular flexibility index (Phi) is 6.03. The normalized spacial score (nSPS) is 12.9. The van der Waals surface area contributed by atoms with E-state index in [1.165, 1.54) is 7.05 Å². The van der Waals surface area contributed by atoms with Crippen LogP contribution in [0.15, 0.2) is 71.6 Å². The minimum atomic E-state index is -3.78. The summed E-state index contributed by atoms with van der Waals surface area (Å²) in [5.74, 6) is -0.390. The molecule has 0 saturated heterocycles. The van der Waals surface area contributed by atoms with Crippen molar-refractivity contribution >= 4 is 38.3 Å². The van der Waals surface area contributed by atoms with Gasteiger partial charge in [-0.1, -0.05) is 54.1 Å². The van der Waals surface area contributed by atoms with Gasteiger partial charge in [0, 0.05) is 12.1 Å². The van der Waals surface area contributed by atoms with Crippen LogP contribution in [0.2, 0.25) is 5.02 Å². The maximum absolute atomic E-state index is 12.8. The number of carbonyl (C=O) groups is 1. The highest BCUT2D eigenvalue weighted by molar-refractivity contribution is 7.89. The summed E-state index contributed by atoms with van der Waals surface area (Å²) >= 11 is 5.98. The largest absolute Gasteiger partial charge is 0.348 e. The first-order valence-corrected chi connectivity index (χ1v) is 10.6. The molecule has 1 N–H and O–H groups in total. The number of sulfonamides is 1. The molecule has 5 nitrogen and oxygen atoms in total. The summed E-state index contributed by atoms with van der Waals surface area (Å²) in [4.78, 5) is 12.5. The molecule has 7 heteroatoms. The summed E-state index contributed by atoms with van der Waals surface area (Å²) in [5, 5.41) is 5.17. The molecular weight excluding hydrogens is 396 g/mol. The van der Waals surface area contributed by atoms with E-state index in [4.69, 9.17) is 11.6 Å². The van der Waals surface area contributed by atoms with Gasteiger partial charge in [0.05, 0.1) is 17.5 Å². The molecule has 3 aromatic rings. The summed E-state index contributed by atoms with van der Waals surface area (Å²) in [6.07, 6.45) is 0. The van der Waals surface area contributed by atoms with E-state index in [1.54, 1.807) is 36.4 Å². The molecule has 0 aliphatic rings. The van der Waals surface area contributed by atoms with Gasteiger partial charge in [0.15, 0.2) is 0 Å². The first-order valence-electron chi connectivity index (χ1n) is 8.77. The fraction of sp³-hybridized carbons (Fsp3) is 0.190. The van der Waals surface area contributed by atoms with Crippen LogP contribution < -0.4 is 5.32 Å². The van der Waals surface area contributed by atoms with Crippen molar-refractivity contribution < 1.29 is 13.2 Å². The van der Waals surface area contributed by atoms with E-state index in [2.05, 4.69) is 5.32 Å². The Bertz CT molecular complexity index is 1120. The lowest BCUT2D eigenvalue weighted by Gasteiger charge is -2.20. The Morgan fingerprint density at radius 2 is 1.75 bits per heavy atom. The van der Waals surface area contributed by atoms with Crippen molar-refractivity contribution in [3.05, 3.63) is 77.3 Å². The molecule has 0 bridgehead atoms. The first-order chi connectivity index (χ1) is 13.3. The summed E-state index contributed by atoms with van der Waals surface area (Å²) in [5.41, 5.74) is 0.848. The Labute approximate surface area is 170 Å². The zero-order valence-corrected chi connectivity index (χ0v) is 17.2. The zero-order valence-electron chi connectivity index (χ0n) is 15.6. The van der Waals surface area contributed by atoms with E-state index >= 15 is 0 Å². The van der Waals surface area contributed by atoms with Crippen LogP contribution in [0.4, 0.5) is 0 Å². The molecule has 0 fully saturated rings. The number of benzene rings is 3. The van der Waals surface area contributed by atoms with Crippen LogP contribution in [0, 0.1) is 0 Å². The van der Waals surface area contributed by atoms with Gasteiger partial charge in [-0.05, 0) is 47.5 Å². The molecule has 146 valence electrons. The van der Waals surface area contributed by atoms with Crippen LogP contribution in [0.1, 0.15) is 18.5 Å². The maximum atomic E-state index is 12.8. The second-order valence-corrected chi connectivity index (χ2v) is 9.10. The lowest BCUT2D eigenvalue weighted by molar-refractivity contribution is -0.121. The van der Waals surface area contributed by atoms with Gasteiger partial charge >= 0.3 is 0 Å². The zero-order chi connectivity index (χ0) is 20.3. The molecule has 28 heavy (non-hydrogen) atoms. The average Bonchev–Trinajstić information content (AvgIpc) is 2.67. The van der Waals surface area contributed by atoms with Crippen molar-refractivity contribution in [1.82, 2.24) is 9.62 Å². The van der Waals surface area contributed by atoms with Crippen LogP contribution in [0.25, 0.3) is 10.8 Å². The van der Waals surface area contributed by atoms with Gasteiger partial charge in [-0.3, -0.25) is 4.79 Å². The Morgan fingerprint density at radius 1 is 1.04 bits per heavy atom. The van der Waals surface area contributed by atoms with E-state index < -0.39 is 10.0 Å². The Hall–Kier alpha value is -2.41. The smallest absolute Gasteiger partial charge is 0.243 e. The van der Waals surface area contributed by atoms with Crippen LogP contribution in [-0.4, -0.2) is 32.2 Å². The molecule has 0 aromatic heterocycles. The molecule has 0 saturated carbocycles. The van der Waals surface area contributed by atoms with Gasteiger partial charge in [-0.25, -0.2) is 8.42 Å². The molecule has 1 amide bonds. The molecule has 1 atom stereocenters. The summed E-state index contributed by atoms with van der Waals surface area (Å²) < 4.78 is 26.7. The number of rotatable bonds is 6. The molecule has 3 aromatic carbocycles. The number of carbonyl (C=O) groups excluding carboxylic acids is 1. The number of nitrogens with one attached hydrogen (secondary N) is 1. The SMILES string of the molecule is C[C@H](NC(=O)CN(C)S(=O)(=O)c1ccc2ccccc2c1)c1cccc(Cl)c1. The highest BCUT2D eigenvalue weighted by Gasteiger charge is 2.24. The van der Waals surface area contributed by atoms with Crippen molar-refractivity contribution in [3.63, 3.8) is 0 Å². The summed E-state index contributed by atoms with van der Waals surface area (Å²) in [7, 11) is -2.38.